The van der Waals surface area contributed by atoms with E-state index in [0.717, 1.165) is 49.4 Å². The summed E-state index contributed by atoms with van der Waals surface area (Å²) in [7, 11) is 0. The van der Waals surface area contributed by atoms with E-state index >= 15 is 0 Å². The number of hydrogen-bond donors (Lipinski definition) is 2. The number of thiocarbonyl (C=S) groups is 1. The van der Waals surface area contributed by atoms with E-state index in [1.807, 2.05) is 35.2 Å². The molecule has 1 aliphatic carbocycles. The summed E-state index contributed by atoms with van der Waals surface area (Å²) in [6.07, 6.45) is 0.393. The quantitative estimate of drug-likeness (QED) is 0.272. The second-order valence-corrected chi connectivity index (χ2v) is 10.8. The van der Waals surface area contributed by atoms with Gasteiger partial charge in [0, 0.05) is 49.9 Å². The van der Waals surface area contributed by atoms with Crippen LogP contribution in [0.25, 0.3) is 0 Å². The number of benzene rings is 2. The summed E-state index contributed by atoms with van der Waals surface area (Å²) in [4.78, 5) is 12.2. The van der Waals surface area contributed by atoms with Gasteiger partial charge in [-0.1, -0.05) is 49.6 Å². The highest BCUT2D eigenvalue weighted by Crippen LogP contribution is 2.39. The molecule has 2 aliphatic rings. The lowest BCUT2D eigenvalue weighted by molar-refractivity contribution is -0.141. The third kappa shape index (κ3) is 6.63. The lowest BCUT2D eigenvalue weighted by Gasteiger charge is -2.38. The molecule has 2 heterocycles. The zero-order chi connectivity index (χ0) is 28.2. The van der Waals surface area contributed by atoms with Crippen LogP contribution in [0.5, 0.6) is 0 Å². The Bertz CT molecular complexity index is 1290. The molecular formula is C29H32F4N6S. The first kappa shape index (κ1) is 28.1. The maximum absolute atomic E-state index is 13.8. The molecule has 212 valence electrons. The normalized spacial score (nSPS) is 17.4. The molecule has 0 radical (unpaired) electrons. The van der Waals surface area contributed by atoms with Crippen LogP contribution < -0.4 is 20.4 Å². The van der Waals surface area contributed by atoms with E-state index in [1.165, 1.54) is 12.1 Å². The molecule has 2 N–H and O–H groups in total. The van der Waals surface area contributed by atoms with Crippen molar-refractivity contribution in [3.63, 3.8) is 0 Å². The molecule has 2 aromatic carbocycles. The van der Waals surface area contributed by atoms with Gasteiger partial charge in [-0.3, -0.25) is 0 Å². The second-order valence-electron chi connectivity index (χ2n) is 10.4. The third-order valence-electron chi connectivity index (χ3n) is 7.81. The molecule has 1 saturated heterocycles. The fraction of sp³-hybridized carbons (Fsp3) is 0.414. The highest BCUT2D eigenvalue weighted by atomic mass is 32.1. The first-order valence-corrected chi connectivity index (χ1v) is 13.9. The number of rotatable bonds is 6. The lowest BCUT2D eigenvalue weighted by Crippen LogP contribution is -2.47. The Morgan fingerprint density at radius 2 is 1.52 bits per heavy atom. The van der Waals surface area contributed by atoms with Crippen LogP contribution in [0.3, 0.4) is 0 Å². The van der Waals surface area contributed by atoms with E-state index in [9.17, 15) is 17.6 Å². The zero-order valence-electron chi connectivity index (χ0n) is 22.1. The van der Waals surface area contributed by atoms with Gasteiger partial charge in [0.25, 0.3) is 0 Å². The number of anilines is 3. The number of para-hydroxylation sites is 1. The van der Waals surface area contributed by atoms with Gasteiger partial charge in [-0.15, -0.1) is 0 Å². The molecular weight excluding hydrogens is 540 g/mol. The number of nitrogens with zero attached hydrogens (tertiary/aromatic N) is 4. The molecule has 1 aromatic heterocycles. The molecule has 0 spiro atoms. The molecule has 5 rings (SSSR count). The summed E-state index contributed by atoms with van der Waals surface area (Å²) in [6.45, 7) is 2.82. The van der Waals surface area contributed by atoms with Crippen molar-refractivity contribution in [2.45, 2.75) is 43.7 Å². The first-order chi connectivity index (χ1) is 19.2. The summed E-state index contributed by atoms with van der Waals surface area (Å²) in [5.74, 6) is -0.290. The molecule has 11 heteroatoms. The van der Waals surface area contributed by atoms with Crippen molar-refractivity contribution in [3.05, 3.63) is 77.7 Å². The average molecular weight is 573 g/mol. The maximum Gasteiger partial charge on any atom is 0.433 e. The molecule has 6 nitrogen and oxygen atoms in total. The van der Waals surface area contributed by atoms with Crippen molar-refractivity contribution in [1.29, 1.82) is 0 Å². The minimum absolute atomic E-state index is 0.145. The minimum atomic E-state index is -4.64. The fourth-order valence-electron chi connectivity index (χ4n) is 5.62. The number of hydrogen-bond acceptors (Lipinski definition) is 5. The zero-order valence-corrected chi connectivity index (χ0v) is 22.9. The van der Waals surface area contributed by atoms with E-state index < -0.39 is 11.9 Å². The van der Waals surface area contributed by atoms with E-state index in [0.29, 0.717) is 32.7 Å². The van der Waals surface area contributed by atoms with E-state index in [-0.39, 0.29) is 28.1 Å². The SMILES string of the molecule is Fc1ccc(C2(CNC(=S)Nc3nc(N4CCN(c5ccccc5)CC4)cc(C(F)(F)F)n3)CCCCC2)cc1. The first-order valence-electron chi connectivity index (χ1n) is 13.5. The van der Waals surface area contributed by atoms with Crippen LogP contribution in [0.2, 0.25) is 0 Å². The van der Waals surface area contributed by atoms with Crippen LogP contribution in [0.4, 0.5) is 35.0 Å². The Balaban J connectivity index is 1.28. The van der Waals surface area contributed by atoms with E-state index in [4.69, 9.17) is 12.2 Å². The Morgan fingerprint density at radius 3 is 2.17 bits per heavy atom. The van der Waals surface area contributed by atoms with E-state index in [1.54, 1.807) is 12.1 Å². The molecule has 40 heavy (non-hydrogen) atoms. The summed E-state index contributed by atoms with van der Waals surface area (Å²) < 4.78 is 54.9. The van der Waals surface area contributed by atoms with Gasteiger partial charge in [0.15, 0.2) is 10.8 Å². The molecule has 0 unspecified atom stereocenters. The summed E-state index contributed by atoms with van der Waals surface area (Å²) in [5, 5.41) is 6.11. The topological polar surface area (TPSA) is 56.3 Å². The van der Waals surface area contributed by atoms with Crippen molar-refractivity contribution < 1.29 is 17.6 Å². The summed E-state index contributed by atoms with van der Waals surface area (Å²) in [6, 6.07) is 17.4. The molecule has 1 saturated carbocycles. The van der Waals surface area contributed by atoms with Crippen LogP contribution >= 0.6 is 12.2 Å². The number of nitrogens with one attached hydrogen (secondary N) is 2. The predicted molar refractivity (Wildman–Crippen MR) is 153 cm³/mol. The standard InChI is InChI=1S/C29H32F4N6S/c30-22-11-9-21(10-12-22)28(13-5-2-6-14-28)20-34-27(40)37-26-35-24(29(31,32)33)19-25(36-26)39-17-15-38(16-18-39)23-7-3-1-4-8-23/h1,3-4,7-12,19H,2,5-6,13-18,20H2,(H2,34,35,36,37,40). The Labute approximate surface area is 236 Å². The molecule has 2 fully saturated rings. The monoisotopic (exact) mass is 572 g/mol. The van der Waals surface area contributed by atoms with Crippen LogP contribution in [-0.2, 0) is 11.6 Å². The van der Waals surface area contributed by atoms with Gasteiger partial charge in [0.1, 0.15) is 11.6 Å². The number of alkyl halides is 3. The van der Waals surface area contributed by atoms with Crippen LogP contribution in [0.15, 0.2) is 60.7 Å². The van der Waals surface area contributed by atoms with Crippen molar-refractivity contribution in [2.75, 3.05) is 47.8 Å². The van der Waals surface area contributed by atoms with Gasteiger partial charge in [0.2, 0.25) is 5.95 Å². The van der Waals surface area contributed by atoms with Gasteiger partial charge in [0.05, 0.1) is 0 Å². The van der Waals surface area contributed by atoms with Crippen LogP contribution in [-0.4, -0.2) is 47.8 Å². The highest BCUT2D eigenvalue weighted by Gasteiger charge is 2.36. The third-order valence-corrected chi connectivity index (χ3v) is 8.05. The molecule has 3 aromatic rings. The largest absolute Gasteiger partial charge is 0.433 e. The summed E-state index contributed by atoms with van der Waals surface area (Å²) >= 11 is 5.47. The van der Waals surface area contributed by atoms with Crippen molar-refractivity contribution >= 4 is 34.8 Å². The fourth-order valence-corrected chi connectivity index (χ4v) is 5.79. The van der Waals surface area contributed by atoms with Gasteiger partial charge in [-0.25, -0.2) is 9.37 Å². The molecule has 0 amide bonds. The number of piperazine rings is 1. The van der Waals surface area contributed by atoms with Crippen molar-refractivity contribution in [2.24, 2.45) is 0 Å². The van der Waals surface area contributed by atoms with Gasteiger partial charge >= 0.3 is 6.18 Å². The van der Waals surface area contributed by atoms with Crippen LogP contribution in [0, 0.1) is 5.82 Å². The molecule has 0 atom stereocenters. The Morgan fingerprint density at radius 1 is 0.875 bits per heavy atom. The Kier molecular flexibility index (Phi) is 8.39. The summed E-state index contributed by atoms with van der Waals surface area (Å²) in [5.41, 5.74) is 0.839. The minimum Gasteiger partial charge on any atom is -0.368 e. The smallest absolute Gasteiger partial charge is 0.368 e. The lowest BCUT2D eigenvalue weighted by atomic mass is 9.69. The molecule has 0 bridgehead atoms. The number of aromatic nitrogens is 2. The van der Waals surface area contributed by atoms with Crippen LogP contribution in [0.1, 0.15) is 43.4 Å². The average Bonchev–Trinajstić information content (AvgIpc) is 2.97. The van der Waals surface area contributed by atoms with Gasteiger partial charge in [-0.05, 0) is 54.9 Å². The second kappa shape index (κ2) is 12.0. The van der Waals surface area contributed by atoms with Crippen molar-refractivity contribution in [1.82, 2.24) is 15.3 Å². The maximum atomic E-state index is 13.8. The Hall–Kier alpha value is -3.47. The van der Waals surface area contributed by atoms with Crippen molar-refractivity contribution in [3.8, 4) is 0 Å². The van der Waals surface area contributed by atoms with E-state index in [2.05, 4.69) is 25.5 Å². The predicted octanol–water partition coefficient (Wildman–Crippen LogP) is 6.15. The molecule has 1 aliphatic heterocycles. The highest BCUT2D eigenvalue weighted by molar-refractivity contribution is 7.80. The van der Waals surface area contributed by atoms with Gasteiger partial charge < -0.3 is 20.4 Å². The van der Waals surface area contributed by atoms with Gasteiger partial charge in [-0.2, -0.15) is 18.2 Å². The number of halogens is 4.